The zero-order valence-corrected chi connectivity index (χ0v) is 33.4. The van der Waals surface area contributed by atoms with Crippen LogP contribution in [0.2, 0.25) is 5.02 Å². The summed E-state index contributed by atoms with van der Waals surface area (Å²) in [6, 6.07) is 16.3. The van der Waals surface area contributed by atoms with Gasteiger partial charge in [0.25, 0.3) is 0 Å². The van der Waals surface area contributed by atoms with E-state index in [0.29, 0.717) is 28.4 Å². The number of furan rings is 1. The third kappa shape index (κ3) is 13.1. The van der Waals surface area contributed by atoms with Crippen LogP contribution in [0.25, 0.3) is 22.2 Å². The predicted octanol–water partition coefficient (Wildman–Crippen LogP) is -1.20. The normalized spacial score (nSPS) is 13.9. The number of ether oxygens (including phenoxy) is 2. The van der Waals surface area contributed by atoms with Crippen LogP contribution in [-0.2, 0) is 36.7 Å². The summed E-state index contributed by atoms with van der Waals surface area (Å²) in [5, 5.41) is 3.50. The third-order valence-corrected chi connectivity index (χ3v) is 7.54. The Morgan fingerprint density at radius 1 is 1.10 bits per heavy atom. The monoisotopic (exact) mass is 784 g/mol. The number of carbonyl (C=O) groups is 1. The summed E-state index contributed by atoms with van der Waals surface area (Å²) in [5.41, 5.74) is -2.15. The Morgan fingerprint density at radius 3 is 2.59 bits per heavy atom. The number of hydrogen-bond acceptors (Lipinski definition) is 13. The molecule has 14 nitrogen and oxygen atoms in total. The van der Waals surface area contributed by atoms with E-state index in [9.17, 15) is 32.0 Å². The van der Waals surface area contributed by atoms with Gasteiger partial charge in [-0.25, -0.2) is 27.6 Å². The molecule has 0 spiro atoms. The van der Waals surface area contributed by atoms with E-state index in [1.807, 2.05) is 0 Å². The number of benzene rings is 3. The van der Waals surface area contributed by atoms with Crippen molar-refractivity contribution >= 4 is 57.8 Å². The summed E-state index contributed by atoms with van der Waals surface area (Å²) in [7, 11) is -10.2. The van der Waals surface area contributed by atoms with Gasteiger partial charge >= 0.3 is 65.2 Å². The fourth-order valence-electron chi connectivity index (χ4n) is 4.01. The molecule has 5 aromatic rings. The Labute approximate surface area is 349 Å². The topological polar surface area (TPSA) is 196 Å². The van der Waals surface area contributed by atoms with Crippen LogP contribution in [0.1, 0.15) is 19.5 Å². The van der Waals surface area contributed by atoms with E-state index in [1.165, 1.54) is 48.8 Å². The second-order valence-corrected chi connectivity index (χ2v) is 13.2. The van der Waals surface area contributed by atoms with E-state index in [2.05, 4.69) is 24.5 Å². The van der Waals surface area contributed by atoms with Gasteiger partial charge in [0.05, 0.1) is 36.0 Å². The van der Waals surface area contributed by atoms with E-state index in [0.717, 1.165) is 12.1 Å². The van der Waals surface area contributed by atoms with Crippen molar-refractivity contribution in [3.8, 4) is 17.1 Å². The van der Waals surface area contributed by atoms with Crippen LogP contribution in [0, 0.1) is 5.82 Å². The molecule has 20 heteroatoms. The maximum Gasteiger partial charge on any atom is 1.00 e. The van der Waals surface area contributed by atoms with Crippen molar-refractivity contribution in [3.63, 3.8) is 0 Å². The number of nitrogens with zero attached hydrogens (tertiary/aromatic N) is 3. The Morgan fingerprint density at radius 2 is 1.88 bits per heavy atom. The van der Waals surface area contributed by atoms with Gasteiger partial charge in [-0.05, 0) is 66.2 Å². The van der Waals surface area contributed by atoms with Gasteiger partial charge in [-0.1, -0.05) is 23.7 Å². The van der Waals surface area contributed by atoms with E-state index < -0.39 is 67.4 Å². The molecule has 0 aliphatic carbocycles. The second kappa shape index (κ2) is 19.0. The van der Waals surface area contributed by atoms with Gasteiger partial charge in [0.2, 0.25) is 0 Å². The number of halogens is 2. The minimum Gasteiger partial charge on any atom is -0.790 e. The van der Waals surface area contributed by atoms with Crippen molar-refractivity contribution in [2.24, 2.45) is 0 Å². The van der Waals surface area contributed by atoms with E-state index >= 15 is 0 Å². The fraction of sp³-hybridized carbons (Fsp3) is 0.194. The van der Waals surface area contributed by atoms with Crippen molar-refractivity contribution in [2.45, 2.75) is 13.1 Å². The summed E-state index contributed by atoms with van der Waals surface area (Å²) < 4.78 is 118. The van der Waals surface area contributed by atoms with Gasteiger partial charge in [-0.15, -0.1) is 0 Å². The maximum absolute atomic E-state index is 13.7. The number of hydrogen-bond donors (Lipinski definition) is 1. The molecule has 3 aromatic carbocycles. The standard InChI is InChI=1S/C31H29ClFN4O10PS.2Na/c1-49(42,43)12-11-37(31(38)45-19-46-48(39,40)41)16-24-7-10-28(47-24)21-5-8-27-25(14-21)30(35-18-34-27)36-23-6-9-29(26(32)15-23)44-17-20-3-2-4-22(33)13-20;;/h2-10,13-15,18H,11-12,16-17,19H2,1H3,(H,34,35,36)(H2,39,40,41);;/q;2*+1/p-2/i12D2,16D2,17D2;;. The Bertz CT molecular complexity index is 2420. The molecule has 258 valence electrons. The number of anilines is 2. The van der Waals surface area contributed by atoms with Gasteiger partial charge < -0.3 is 38.1 Å². The van der Waals surface area contributed by atoms with Crippen LogP contribution in [0.5, 0.6) is 5.75 Å². The summed E-state index contributed by atoms with van der Waals surface area (Å²) >= 11 is 6.42. The van der Waals surface area contributed by atoms with E-state index in [4.69, 9.17) is 29.0 Å². The molecular formula is C31H27ClFN4Na2O10PS. The van der Waals surface area contributed by atoms with E-state index in [-0.39, 0.29) is 91.9 Å². The molecular weight excluding hydrogens is 752 g/mol. The van der Waals surface area contributed by atoms with Crippen molar-refractivity contribution in [2.75, 3.05) is 30.6 Å². The summed E-state index contributed by atoms with van der Waals surface area (Å²) in [4.78, 5) is 42.9. The van der Waals surface area contributed by atoms with E-state index in [1.54, 1.807) is 18.2 Å². The molecule has 0 atom stereocenters. The first kappa shape index (κ1) is 34.2. The van der Waals surface area contributed by atoms with Crippen molar-refractivity contribution in [1.29, 1.82) is 0 Å². The molecule has 0 saturated heterocycles. The van der Waals surface area contributed by atoms with Gasteiger partial charge in [0.1, 0.15) is 51.6 Å². The first-order chi connectivity index (χ1) is 25.5. The number of sulfone groups is 1. The molecule has 1 amide bonds. The zero-order chi connectivity index (χ0) is 40.6. The third-order valence-electron chi connectivity index (χ3n) is 6.17. The molecule has 2 heterocycles. The maximum atomic E-state index is 13.7. The first-order valence-electron chi connectivity index (χ1n) is 16.6. The molecule has 0 aliphatic heterocycles. The Hall–Kier alpha value is -2.57. The van der Waals surface area contributed by atoms with Gasteiger partial charge in [0.15, 0.2) is 6.79 Å². The number of nitrogens with one attached hydrogen (secondary N) is 1. The predicted molar refractivity (Wildman–Crippen MR) is 173 cm³/mol. The smallest absolute Gasteiger partial charge is 0.790 e. The van der Waals surface area contributed by atoms with Gasteiger partial charge in [-0.2, -0.15) is 0 Å². The van der Waals surface area contributed by atoms with Gasteiger partial charge in [0, 0.05) is 32.2 Å². The second-order valence-electron chi connectivity index (χ2n) is 9.82. The minimum atomic E-state index is -5.64. The van der Waals surface area contributed by atoms with Crippen molar-refractivity contribution in [1.82, 2.24) is 14.9 Å². The van der Waals surface area contributed by atoms with Crippen molar-refractivity contribution in [3.05, 3.63) is 101 Å². The van der Waals surface area contributed by atoms with Gasteiger partial charge in [-0.3, -0.25) is 4.90 Å². The molecule has 0 aliphatic rings. The van der Waals surface area contributed by atoms with Crippen LogP contribution in [0.4, 0.5) is 20.7 Å². The Balaban J connectivity index is 0.00000435. The summed E-state index contributed by atoms with van der Waals surface area (Å²) in [6.45, 7) is -8.52. The van der Waals surface area contributed by atoms with Crippen LogP contribution >= 0.6 is 19.4 Å². The molecule has 0 unspecified atom stereocenters. The molecule has 0 fully saturated rings. The number of fused-ring (bicyclic) bond motifs is 1. The van der Waals surface area contributed by atoms with Crippen LogP contribution in [-0.4, -0.2) is 54.7 Å². The van der Waals surface area contributed by atoms with Crippen LogP contribution in [0.3, 0.4) is 0 Å². The molecule has 1 N–H and O–H groups in total. The number of aromatic nitrogens is 2. The quantitative estimate of drug-likeness (QED) is 0.0802. The number of carbonyl (C=O) groups excluding carboxylic acids is 1. The fourth-order valence-corrected chi connectivity index (χ4v) is 4.77. The number of amides is 1. The van der Waals surface area contributed by atoms with Crippen molar-refractivity contribution < 1.29 is 118 Å². The number of phosphoric acid groups is 1. The average molecular weight is 785 g/mol. The number of rotatable bonds is 14. The molecule has 0 radical (unpaired) electrons. The zero-order valence-electron chi connectivity index (χ0n) is 33.0. The van der Waals surface area contributed by atoms with Crippen LogP contribution < -0.4 is 79.0 Å². The SMILES string of the molecule is [2H]C([2H])(Oc1ccc(Nc2ncnc3ccc(-c4ccc(C([2H])([2H])N(CC([2H])([2H])S(C)(=O)=O)C(=O)OCOP(=O)([O-])[O-])o4)cc23)cc1Cl)c1cccc(F)c1.[Na+].[Na+]. The summed E-state index contributed by atoms with van der Waals surface area (Å²) in [5.74, 6) is -1.05. The molecule has 0 bridgehead atoms. The molecule has 0 saturated carbocycles. The molecule has 2 aromatic heterocycles. The van der Waals surface area contributed by atoms with Crippen LogP contribution in [0.15, 0.2) is 83.5 Å². The molecule has 51 heavy (non-hydrogen) atoms. The largest absolute Gasteiger partial charge is 1.00 e. The summed E-state index contributed by atoms with van der Waals surface area (Å²) in [6.07, 6.45) is -0.00155. The Kier molecular flexibility index (Phi) is 12.7. The molecule has 5 rings (SSSR count). The first-order valence-corrected chi connectivity index (χ1v) is 17.4. The number of phosphoric ester groups is 1. The average Bonchev–Trinajstić information content (AvgIpc) is 3.59. The minimum absolute atomic E-state index is 0.